The summed E-state index contributed by atoms with van der Waals surface area (Å²) in [6.45, 7) is 2.05. The molecule has 2 N–H and O–H groups in total. The third-order valence-electron chi connectivity index (χ3n) is 3.42. The maximum Gasteiger partial charge on any atom is 0.286 e. The quantitative estimate of drug-likeness (QED) is 0.853. The summed E-state index contributed by atoms with van der Waals surface area (Å²) in [4.78, 5) is 24.2. The highest BCUT2D eigenvalue weighted by molar-refractivity contribution is 7.13. The number of hydrogen-bond donors (Lipinski definition) is 2. The highest BCUT2D eigenvalue weighted by atomic mass is 32.1. The van der Waals surface area contributed by atoms with E-state index in [-0.39, 0.29) is 11.8 Å². The second-order valence-electron chi connectivity index (χ2n) is 5.53. The van der Waals surface area contributed by atoms with Crippen LogP contribution in [0.25, 0.3) is 0 Å². The number of anilines is 1. The van der Waals surface area contributed by atoms with Crippen LogP contribution < -0.4 is 10.6 Å². The van der Waals surface area contributed by atoms with Gasteiger partial charge in [0.05, 0.1) is 0 Å². The molecule has 120 valence electrons. The zero-order valence-corrected chi connectivity index (χ0v) is 13.7. The van der Waals surface area contributed by atoms with E-state index in [0.29, 0.717) is 22.3 Å². The number of aryl methyl sites for hydroxylation is 1. The van der Waals surface area contributed by atoms with Crippen molar-refractivity contribution in [2.75, 3.05) is 5.32 Å². The first kappa shape index (κ1) is 15.6. The summed E-state index contributed by atoms with van der Waals surface area (Å²) < 4.78 is 0. The van der Waals surface area contributed by atoms with Crippen molar-refractivity contribution >= 4 is 28.8 Å². The van der Waals surface area contributed by atoms with E-state index in [4.69, 9.17) is 0 Å². The van der Waals surface area contributed by atoms with Gasteiger partial charge in [0.2, 0.25) is 5.01 Å². The minimum atomic E-state index is -0.301. The second-order valence-corrected chi connectivity index (χ2v) is 6.60. The fourth-order valence-electron chi connectivity index (χ4n) is 2.08. The van der Waals surface area contributed by atoms with E-state index in [9.17, 15) is 9.59 Å². The molecule has 7 heteroatoms. The van der Waals surface area contributed by atoms with Gasteiger partial charge in [-0.2, -0.15) is 0 Å². The first-order valence-electron chi connectivity index (χ1n) is 7.70. The molecular formula is C16H18N4O2S. The molecule has 0 aliphatic heterocycles. The molecule has 0 radical (unpaired) electrons. The Balaban J connectivity index is 1.66. The van der Waals surface area contributed by atoms with Crippen LogP contribution in [-0.4, -0.2) is 28.1 Å². The molecule has 1 aromatic heterocycles. The summed E-state index contributed by atoms with van der Waals surface area (Å²) in [6, 6.07) is 7.21. The van der Waals surface area contributed by atoms with Gasteiger partial charge in [-0.1, -0.05) is 24.3 Å². The predicted octanol–water partition coefficient (Wildman–Crippen LogP) is 2.64. The Bertz CT molecular complexity index is 724. The minimum absolute atomic E-state index is 0.107. The molecule has 1 aromatic carbocycles. The van der Waals surface area contributed by atoms with Gasteiger partial charge in [-0.25, -0.2) is 0 Å². The molecule has 2 amide bonds. The number of carbonyl (C=O) groups excluding carboxylic acids is 2. The molecule has 1 aliphatic carbocycles. The molecule has 0 bridgehead atoms. The van der Waals surface area contributed by atoms with Crippen molar-refractivity contribution in [3.05, 3.63) is 39.8 Å². The molecular weight excluding hydrogens is 312 g/mol. The van der Waals surface area contributed by atoms with E-state index in [2.05, 4.69) is 27.8 Å². The number of nitrogens with one attached hydrogen (secondary N) is 2. The van der Waals surface area contributed by atoms with Crippen LogP contribution in [0.5, 0.6) is 0 Å². The fraction of sp³-hybridized carbons (Fsp3) is 0.375. The third-order valence-corrected chi connectivity index (χ3v) is 4.40. The lowest BCUT2D eigenvalue weighted by Crippen LogP contribution is -2.25. The van der Waals surface area contributed by atoms with Crippen LogP contribution in [0.4, 0.5) is 5.69 Å². The van der Waals surface area contributed by atoms with E-state index in [1.165, 1.54) is 11.3 Å². The van der Waals surface area contributed by atoms with Gasteiger partial charge in [-0.15, -0.1) is 10.2 Å². The van der Waals surface area contributed by atoms with Crippen LogP contribution in [0, 0.1) is 0 Å². The molecule has 1 saturated carbocycles. The lowest BCUT2D eigenvalue weighted by molar-refractivity contribution is 0.0949. The van der Waals surface area contributed by atoms with Gasteiger partial charge in [0.25, 0.3) is 11.8 Å². The molecule has 1 fully saturated rings. The number of hydrogen-bond acceptors (Lipinski definition) is 5. The van der Waals surface area contributed by atoms with E-state index in [0.717, 1.165) is 30.7 Å². The molecule has 23 heavy (non-hydrogen) atoms. The van der Waals surface area contributed by atoms with E-state index in [1.54, 1.807) is 24.3 Å². The zero-order valence-electron chi connectivity index (χ0n) is 12.8. The maximum absolute atomic E-state index is 12.2. The molecule has 3 rings (SSSR count). The average Bonchev–Trinajstić information content (AvgIpc) is 3.23. The third kappa shape index (κ3) is 4.13. The first-order chi connectivity index (χ1) is 11.2. The first-order valence-corrected chi connectivity index (χ1v) is 8.52. The van der Waals surface area contributed by atoms with Crippen molar-refractivity contribution in [2.45, 2.75) is 38.6 Å². The molecule has 0 unspecified atom stereocenters. The Labute approximate surface area is 138 Å². The number of carbonyl (C=O) groups is 2. The van der Waals surface area contributed by atoms with Crippen LogP contribution in [0.3, 0.4) is 0 Å². The lowest BCUT2D eigenvalue weighted by Gasteiger charge is -2.06. The van der Waals surface area contributed by atoms with Gasteiger partial charge >= 0.3 is 0 Å². The Morgan fingerprint density at radius 2 is 2.09 bits per heavy atom. The summed E-state index contributed by atoms with van der Waals surface area (Å²) in [7, 11) is 0. The number of nitrogens with zero attached hydrogens (tertiary/aromatic N) is 2. The normalized spacial score (nSPS) is 13.6. The Kier molecular flexibility index (Phi) is 4.66. The van der Waals surface area contributed by atoms with Crippen molar-refractivity contribution in [1.82, 2.24) is 15.5 Å². The molecule has 6 nitrogen and oxygen atoms in total. The topological polar surface area (TPSA) is 84.0 Å². The van der Waals surface area contributed by atoms with Crippen molar-refractivity contribution in [1.29, 1.82) is 0 Å². The van der Waals surface area contributed by atoms with Crippen molar-refractivity contribution in [2.24, 2.45) is 0 Å². The second kappa shape index (κ2) is 6.87. The molecule has 0 atom stereocenters. The smallest absolute Gasteiger partial charge is 0.286 e. The van der Waals surface area contributed by atoms with Crippen molar-refractivity contribution in [3.63, 3.8) is 0 Å². The predicted molar refractivity (Wildman–Crippen MR) is 88.8 cm³/mol. The van der Waals surface area contributed by atoms with Crippen LogP contribution in [0.2, 0.25) is 0 Å². The standard InChI is InChI=1S/C16H18N4O2S/c1-2-4-13-19-20-16(23-13)15(22)18-12-6-3-5-10(9-12)14(21)17-11-7-8-11/h3,5-6,9,11H,2,4,7-8H2,1H3,(H,17,21)(H,18,22). The van der Waals surface area contributed by atoms with Gasteiger partial charge in [0, 0.05) is 23.7 Å². The average molecular weight is 330 g/mol. The highest BCUT2D eigenvalue weighted by Crippen LogP contribution is 2.20. The van der Waals surface area contributed by atoms with Gasteiger partial charge in [-0.3, -0.25) is 9.59 Å². The van der Waals surface area contributed by atoms with Crippen LogP contribution in [0.1, 0.15) is 51.4 Å². The number of aromatic nitrogens is 2. The highest BCUT2D eigenvalue weighted by Gasteiger charge is 2.23. The summed E-state index contributed by atoms with van der Waals surface area (Å²) in [5.74, 6) is -0.408. The number of amides is 2. The van der Waals surface area contributed by atoms with Gasteiger partial charge in [0.15, 0.2) is 0 Å². The fourth-order valence-corrected chi connectivity index (χ4v) is 2.92. The van der Waals surface area contributed by atoms with Crippen LogP contribution in [-0.2, 0) is 6.42 Å². The summed E-state index contributed by atoms with van der Waals surface area (Å²) in [5.41, 5.74) is 1.12. The summed E-state index contributed by atoms with van der Waals surface area (Å²) in [6.07, 6.45) is 3.87. The molecule has 1 aliphatic rings. The maximum atomic E-state index is 12.2. The van der Waals surface area contributed by atoms with Gasteiger partial charge in [-0.05, 0) is 37.5 Å². The van der Waals surface area contributed by atoms with Gasteiger partial charge in [0.1, 0.15) is 5.01 Å². The van der Waals surface area contributed by atoms with E-state index >= 15 is 0 Å². The van der Waals surface area contributed by atoms with Gasteiger partial charge < -0.3 is 10.6 Å². The summed E-state index contributed by atoms with van der Waals surface area (Å²) in [5, 5.41) is 14.8. The Morgan fingerprint density at radius 1 is 1.26 bits per heavy atom. The van der Waals surface area contributed by atoms with E-state index in [1.807, 2.05) is 0 Å². The monoisotopic (exact) mass is 330 g/mol. The largest absolute Gasteiger partial charge is 0.349 e. The van der Waals surface area contributed by atoms with Crippen molar-refractivity contribution < 1.29 is 9.59 Å². The Hall–Kier alpha value is -2.28. The molecule has 0 spiro atoms. The summed E-state index contributed by atoms with van der Waals surface area (Å²) >= 11 is 1.30. The Morgan fingerprint density at radius 3 is 2.83 bits per heavy atom. The molecule has 2 aromatic rings. The zero-order chi connectivity index (χ0) is 16.2. The number of rotatable bonds is 6. The molecule has 1 heterocycles. The minimum Gasteiger partial charge on any atom is -0.349 e. The SMILES string of the molecule is CCCc1nnc(C(=O)Nc2cccc(C(=O)NC3CC3)c2)s1. The lowest BCUT2D eigenvalue weighted by atomic mass is 10.2. The van der Waals surface area contributed by atoms with Crippen LogP contribution in [0.15, 0.2) is 24.3 Å². The van der Waals surface area contributed by atoms with Crippen LogP contribution >= 0.6 is 11.3 Å². The number of benzene rings is 1. The molecule has 0 saturated heterocycles. The van der Waals surface area contributed by atoms with Crippen molar-refractivity contribution in [3.8, 4) is 0 Å². The van der Waals surface area contributed by atoms with E-state index < -0.39 is 0 Å².